The van der Waals surface area contributed by atoms with Gasteiger partial charge in [-0.25, -0.2) is 0 Å². The van der Waals surface area contributed by atoms with E-state index in [1.807, 2.05) is 18.2 Å². The van der Waals surface area contributed by atoms with E-state index in [4.69, 9.17) is 9.47 Å². The highest BCUT2D eigenvalue weighted by Gasteiger charge is 2.19. The molecule has 2 aliphatic heterocycles. The number of ether oxygens (including phenoxy) is 2. The normalized spacial score (nSPS) is 21.3. The Kier molecular flexibility index (Phi) is 4.03. The van der Waals surface area contributed by atoms with Gasteiger partial charge in [0.25, 0.3) is 5.91 Å². The van der Waals surface area contributed by atoms with Crippen molar-refractivity contribution in [2.75, 3.05) is 50.1 Å². The van der Waals surface area contributed by atoms with Gasteiger partial charge in [0, 0.05) is 19.6 Å². The summed E-state index contributed by atoms with van der Waals surface area (Å²) in [6.07, 6.45) is -0.0571. The highest BCUT2D eigenvalue weighted by Crippen LogP contribution is 2.28. The number of nitrogens with one attached hydrogen (secondary N) is 3. The Balaban J connectivity index is 1.64. The maximum Gasteiger partial charge on any atom is 0.253 e. The molecule has 1 aromatic carbocycles. The van der Waals surface area contributed by atoms with Crippen LogP contribution >= 0.6 is 0 Å². The summed E-state index contributed by atoms with van der Waals surface area (Å²) in [6.45, 7) is 3.91. The van der Waals surface area contributed by atoms with E-state index in [0.717, 1.165) is 24.5 Å². The number of amides is 1. The van der Waals surface area contributed by atoms with Crippen molar-refractivity contribution in [2.24, 2.45) is 0 Å². The van der Waals surface area contributed by atoms with Gasteiger partial charge >= 0.3 is 0 Å². The van der Waals surface area contributed by atoms with Crippen molar-refractivity contribution in [3.05, 3.63) is 23.8 Å². The van der Waals surface area contributed by atoms with Gasteiger partial charge in [0.1, 0.15) is 0 Å². The van der Waals surface area contributed by atoms with Crippen LogP contribution in [-0.2, 0) is 9.47 Å². The van der Waals surface area contributed by atoms with Crippen molar-refractivity contribution in [1.82, 2.24) is 5.32 Å². The van der Waals surface area contributed by atoms with E-state index in [1.54, 1.807) is 0 Å². The molecule has 1 aromatic rings. The third-order valence-corrected chi connectivity index (χ3v) is 3.43. The summed E-state index contributed by atoms with van der Waals surface area (Å²) in [6, 6.07) is 5.68. The first-order valence-corrected chi connectivity index (χ1v) is 6.93. The quantitative estimate of drug-likeness (QED) is 0.757. The summed E-state index contributed by atoms with van der Waals surface area (Å²) in [5, 5.41) is 9.45. The van der Waals surface area contributed by atoms with E-state index < -0.39 is 0 Å². The number of hydrogen-bond donors (Lipinski definition) is 3. The Morgan fingerprint density at radius 1 is 1.30 bits per heavy atom. The van der Waals surface area contributed by atoms with Gasteiger partial charge in [-0.3, -0.25) is 4.79 Å². The summed E-state index contributed by atoms with van der Waals surface area (Å²) >= 11 is 0. The first kappa shape index (κ1) is 13.2. The molecule has 1 atom stereocenters. The molecule has 0 spiro atoms. The monoisotopic (exact) mass is 277 g/mol. The average molecular weight is 277 g/mol. The minimum Gasteiger partial charge on any atom is -0.382 e. The molecular weight excluding hydrogens is 258 g/mol. The van der Waals surface area contributed by atoms with Crippen LogP contribution in [0.5, 0.6) is 0 Å². The van der Waals surface area contributed by atoms with Crippen LogP contribution in [0.2, 0.25) is 0 Å². The molecular formula is C14H19N3O3. The van der Waals surface area contributed by atoms with Gasteiger partial charge in [0.05, 0.1) is 42.9 Å². The first-order chi connectivity index (χ1) is 9.84. The molecule has 6 nitrogen and oxygen atoms in total. The summed E-state index contributed by atoms with van der Waals surface area (Å²) in [5.41, 5.74) is 2.50. The second-order valence-corrected chi connectivity index (χ2v) is 4.86. The maximum atomic E-state index is 12.3. The lowest BCUT2D eigenvalue weighted by Crippen LogP contribution is -2.40. The van der Waals surface area contributed by atoms with Crippen molar-refractivity contribution < 1.29 is 14.3 Å². The first-order valence-electron chi connectivity index (χ1n) is 6.93. The highest BCUT2D eigenvalue weighted by atomic mass is 16.6. The number of para-hydroxylation sites is 1. The zero-order valence-corrected chi connectivity index (χ0v) is 11.3. The molecule has 0 radical (unpaired) electrons. The van der Waals surface area contributed by atoms with Crippen LogP contribution in [0.4, 0.5) is 11.4 Å². The zero-order valence-electron chi connectivity index (χ0n) is 11.3. The second-order valence-electron chi connectivity index (χ2n) is 4.86. The molecule has 1 saturated heterocycles. The molecule has 1 unspecified atom stereocenters. The minimum absolute atomic E-state index is 0.0571. The molecule has 0 aliphatic carbocycles. The Morgan fingerprint density at radius 2 is 2.20 bits per heavy atom. The van der Waals surface area contributed by atoms with Gasteiger partial charge in [0.2, 0.25) is 0 Å². The fraction of sp³-hybridized carbons (Fsp3) is 0.500. The molecule has 0 saturated carbocycles. The predicted molar refractivity (Wildman–Crippen MR) is 76.3 cm³/mol. The van der Waals surface area contributed by atoms with E-state index in [9.17, 15) is 4.79 Å². The third-order valence-electron chi connectivity index (χ3n) is 3.43. The molecule has 1 fully saturated rings. The third kappa shape index (κ3) is 2.86. The van der Waals surface area contributed by atoms with Crippen molar-refractivity contribution in [3.63, 3.8) is 0 Å². The Morgan fingerprint density at radius 3 is 3.05 bits per heavy atom. The average Bonchev–Trinajstić information content (AvgIpc) is 2.53. The largest absolute Gasteiger partial charge is 0.382 e. The van der Waals surface area contributed by atoms with Gasteiger partial charge in [-0.15, -0.1) is 0 Å². The molecule has 1 amide bonds. The fourth-order valence-corrected chi connectivity index (χ4v) is 2.42. The van der Waals surface area contributed by atoms with Gasteiger partial charge in [0.15, 0.2) is 0 Å². The maximum absolute atomic E-state index is 12.3. The Labute approximate surface area is 117 Å². The SMILES string of the molecule is O=C(NCC1COCCO1)c1cccc2c1NCCN2. The summed E-state index contributed by atoms with van der Waals surface area (Å²) < 4.78 is 10.8. The number of benzene rings is 1. The van der Waals surface area contributed by atoms with Crippen LogP contribution in [0.1, 0.15) is 10.4 Å². The Hall–Kier alpha value is -1.79. The molecule has 108 valence electrons. The smallest absolute Gasteiger partial charge is 0.253 e. The molecule has 2 heterocycles. The molecule has 20 heavy (non-hydrogen) atoms. The van der Waals surface area contributed by atoms with E-state index >= 15 is 0 Å². The molecule has 3 rings (SSSR count). The van der Waals surface area contributed by atoms with Gasteiger partial charge in [-0.1, -0.05) is 6.07 Å². The summed E-state index contributed by atoms with van der Waals surface area (Å²) in [4.78, 5) is 12.3. The number of hydrogen-bond acceptors (Lipinski definition) is 5. The topological polar surface area (TPSA) is 71.6 Å². The molecule has 0 bridgehead atoms. The van der Waals surface area contributed by atoms with Crippen LogP contribution in [0.25, 0.3) is 0 Å². The van der Waals surface area contributed by atoms with E-state index in [-0.39, 0.29) is 12.0 Å². The molecule has 3 N–H and O–H groups in total. The van der Waals surface area contributed by atoms with E-state index in [0.29, 0.717) is 31.9 Å². The zero-order chi connectivity index (χ0) is 13.8. The van der Waals surface area contributed by atoms with Gasteiger partial charge in [-0.2, -0.15) is 0 Å². The van der Waals surface area contributed by atoms with Crippen LogP contribution in [0.3, 0.4) is 0 Å². The van der Waals surface area contributed by atoms with Crippen molar-refractivity contribution in [1.29, 1.82) is 0 Å². The minimum atomic E-state index is -0.0905. The summed E-state index contributed by atoms with van der Waals surface area (Å²) in [7, 11) is 0. The lowest BCUT2D eigenvalue weighted by atomic mass is 10.1. The number of carbonyl (C=O) groups is 1. The second kappa shape index (κ2) is 6.11. The number of fused-ring (bicyclic) bond motifs is 1. The lowest BCUT2D eigenvalue weighted by molar-refractivity contribution is -0.0855. The van der Waals surface area contributed by atoms with Crippen LogP contribution < -0.4 is 16.0 Å². The summed E-state index contributed by atoms with van der Waals surface area (Å²) in [5.74, 6) is -0.0905. The van der Waals surface area contributed by atoms with E-state index in [2.05, 4.69) is 16.0 Å². The molecule has 0 aromatic heterocycles. The van der Waals surface area contributed by atoms with Crippen molar-refractivity contribution >= 4 is 17.3 Å². The van der Waals surface area contributed by atoms with Gasteiger partial charge < -0.3 is 25.4 Å². The number of anilines is 2. The van der Waals surface area contributed by atoms with Crippen LogP contribution in [0, 0.1) is 0 Å². The van der Waals surface area contributed by atoms with Crippen molar-refractivity contribution in [2.45, 2.75) is 6.10 Å². The Bertz CT molecular complexity index is 487. The standard InChI is InChI=1S/C14H19N3O3/c18-14(17-8-10-9-19-6-7-20-10)11-2-1-3-12-13(11)16-5-4-15-12/h1-3,10,15-16H,4-9H2,(H,17,18). The fourth-order valence-electron chi connectivity index (χ4n) is 2.42. The van der Waals surface area contributed by atoms with Gasteiger partial charge in [-0.05, 0) is 12.1 Å². The number of carbonyl (C=O) groups excluding carboxylic acids is 1. The predicted octanol–water partition coefficient (Wildman–Crippen LogP) is 0.669. The van der Waals surface area contributed by atoms with E-state index in [1.165, 1.54) is 0 Å². The number of rotatable bonds is 3. The van der Waals surface area contributed by atoms with Crippen LogP contribution in [-0.4, -0.2) is 51.5 Å². The highest BCUT2D eigenvalue weighted by molar-refractivity contribution is 6.02. The van der Waals surface area contributed by atoms with Crippen LogP contribution in [0.15, 0.2) is 18.2 Å². The lowest BCUT2D eigenvalue weighted by Gasteiger charge is -2.24. The van der Waals surface area contributed by atoms with Crippen molar-refractivity contribution in [3.8, 4) is 0 Å². The molecule has 2 aliphatic rings. The molecule has 6 heteroatoms.